The lowest BCUT2D eigenvalue weighted by Gasteiger charge is -2.24. The van der Waals surface area contributed by atoms with Crippen molar-refractivity contribution in [3.05, 3.63) is 60.0 Å². The van der Waals surface area contributed by atoms with E-state index in [0.29, 0.717) is 15.9 Å². The van der Waals surface area contributed by atoms with Gasteiger partial charge in [0.2, 0.25) is 10.0 Å². The van der Waals surface area contributed by atoms with Crippen LogP contribution in [0.1, 0.15) is 5.56 Å². The topological polar surface area (TPSA) is 104 Å². The summed E-state index contributed by atoms with van der Waals surface area (Å²) in [4.78, 5) is 0.413. The predicted molar refractivity (Wildman–Crippen MR) is 96.4 cm³/mol. The summed E-state index contributed by atoms with van der Waals surface area (Å²) in [5, 5.41) is 5.06. The average molecular weight is 401 g/mol. The molecule has 0 bridgehead atoms. The Morgan fingerprint density at radius 1 is 1.24 bits per heavy atom. The van der Waals surface area contributed by atoms with Crippen LogP contribution in [0.5, 0.6) is 0 Å². The maximum atomic E-state index is 13.4. The molecule has 1 unspecified atom stereocenters. The number of primary sulfonamides is 1. The van der Waals surface area contributed by atoms with Crippen LogP contribution in [0.3, 0.4) is 0 Å². The van der Waals surface area contributed by atoms with Crippen molar-refractivity contribution in [1.29, 1.82) is 0 Å². The molecule has 0 aliphatic carbocycles. The summed E-state index contributed by atoms with van der Waals surface area (Å²) in [7, 11) is -4.32. The number of rotatable bonds is 6. The molecule has 2 N–H and O–H groups in total. The summed E-state index contributed by atoms with van der Waals surface area (Å²) in [5.74, 6) is -0.846. The Labute approximate surface area is 152 Å². The van der Waals surface area contributed by atoms with Gasteiger partial charge in [-0.25, -0.2) is 17.9 Å². The predicted octanol–water partition coefficient (Wildman–Crippen LogP) is 2.47. The maximum Gasteiger partial charge on any atom is 0.240 e. The molecule has 0 saturated carbocycles. The molecular formula is C15H14FN2O4S3-. The fraction of sp³-hybridized carbons (Fsp3) is 0.0667. The zero-order chi connectivity index (χ0) is 18.6. The molecule has 0 aliphatic rings. The number of thioether (sulfide) groups is 1. The second-order valence-electron chi connectivity index (χ2n) is 4.79. The van der Waals surface area contributed by atoms with Gasteiger partial charge in [-0.05, 0) is 48.2 Å². The van der Waals surface area contributed by atoms with Gasteiger partial charge in [0.15, 0.2) is 0 Å². The molecule has 2 aromatic carbocycles. The van der Waals surface area contributed by atoms with Crippen molar-refractivity contribution in [2.24, 2.45) is 5.14 Å². The molecule has 0 fully saturated rings. The minimum Gasteiger partial charge on any atom is -0.755 e. The quantitative estimate of drug-likeness (QED) is 0.591. The zero-order valence-electron chi connectivity index (χ0n) is 13.0. The van der Waals surface area contributed by atoms with Crippen molar-refractivity contribution in [1.82, 2.24) is 0 Å². The zero-order valence-corrected chi connectivity index (χ0v) is 15.4. The maximum absolute atomic E-state index is 13.4. The van der Waals surface area contributed by atoms with Crippen LogP contribution in [0.4, 0.5) is 10.1 Å². The molecule has 0 heterocycles. The largest absolute Gasteiger partial charge is 0.755 e. The number of sulfonamides is 1. The molecule has 0 aliphatic heterocycles. The van der Waals surface area contributed by atoms with Crippen LogP contribution in [0, 0.1) is 5.82 Å². The summed E-state index contributed by atoms with van der Waals surface area (Å²) in [6.07, 6.45) is 4.58. The van der Waals surface area contributed by atoms with Crippen molar-refractivity contribution in [2.75, 3.05) is 10.6 Å². The van der Waals surface area contributed by atoms with Crippen molar-refractivity contribution >= 4 is 44.8 Å². The van der Waals surface area contributed by atoms with Crippen molar-refractivity contribution < 1.29 is 21.6 Å². The molecule has 134 valence electrons. The number of nitrogens with two attached hydrogens (primary N) is 1. The van der Waals surface area contributed by atoms with Gasteiger partial charge < -0.3 is 4.55 Å². The Morgan fingerprint density at radius 2 is 1.88 bits per heavy atom. The Morgan fingerprint density at radius 3 is 2.40 bits per heavy atom. The van der Waals surface area contributed by atoms with Gasteiger partial charge >= 0.3 is 0 Å². The minimum absolute atomic E-state index is 0.269. The van der Waals surface area contributed by atoms with Gasteiger partial charge in [0.05, 0.1) is 17.0 Å². The molecule has 0 radical (unpaired) electrons. The van der Waals surface area contributed by atoms with E-state index in [9.17, 15) is 21.6 Å². The smallest absolute Gasteiger partial charge is 0.240 e. The number of hydrogen-bond donors (Lipinski definition) is 1. The molecule has 25 heavy (non-hydrogen) atoms. The van der Waals surface area contributed by atoms with E-state index in [1.54, 1.807) is 23.9 Å². The van der Waals surface area contributed by atoms with E-state index < -0.39 is 32.0 Å². The highest BCUT2D eigenvalue weighted by atomic mass is 32.2. The van der Waals surface area contributed by atoms with Crippen LogP contribution in [-0.4, -0.2) is 23.4 Å². The van der Waals surface area contributed by atoms with E-state index in [1.807, 2.05) is 18.4 Å². The van der Waals surface area contributed by atoms with Gasteiger partial charge in [-0.3, -0.25) is 8.51 Å². The van der Waals surface area contributed by atoms with Crippen molar-refractivity contribution in [3.8, 4) is 0 Å². The molecule has 6 nitrogen and oxygen atoms in total. The lowest BCUT2D eigenvalue weighted by molar-refractivity contribution is 0.536. The van der Waals surface area contributed by atoms with Gasteiger partial charge in [-0.15, -0.1) is 11.8 Å². The molecule has 10 heteroatoms. The Bertz CT molecular complexity index is 915. The number of nitrogens with zero attached hydrogens (tertiary/aromatic N) is 1. The fourth-order valence-corrected chi connectivity index (χ4v) is 3.66. The van der Waals surface area contributed by atoms with E-state index in [0.717, 1.165) is 17.0 Å². The SMILES string of the molecule is CSc1ccc(C=CN(c2ccc(F)cc2S(N)(=O)=O)S(=O)[O-])cc1. The van der Waals surface area contributed by atoms with Crippen LogP contribution in [0.15, 0.2) is 58.5 Å². The van der Waals surface area contributed by atoms with Gasteiger partial charge in [-0.1, -0.05) is 12.1 Å². The number of benzene rings is 2. The third kappa shape index (κ3) is 5.13. The number of halogens is 1. The van der Waals surface area contributed by atoms with Gasteiger partial charge in [0.1, 0.15) is 10.7 Å². The lowest BCUT2D eigenvalue weighted by atomic mass is 10.2. The normalized spacial score (nSPS) is 13.1. The second-order valence-corrected chi connectivity index (χ2v) is 8.03. The molecular weight excluding hydrogens is 387 g/mol. The number of hydrogen-bond acceptors (Lipinski definition) is 5. The Kier molecular flexibility index (Phi) is 6.36. The summed E-state index contributed by atoms with van der Waals surface area (Å²) >= 11 is -1.28. The highest BCUT2D eigenvalue weighted by Crippen LogP contribution is 2.27. The summed E-state index contributed by atoms with van der Waals surface area (Å²) in [6.45, 7) is 0. The first-order valence-corrected chi connectivity index (χ1v) is 10.6. The first-order chi connectivity index (χ1) is 11.7. The molecule has 0 spiro atoms. The first kappa shape index (κ1) is 19.6. The van der Waals surface area contributed by atoms with Crippen LogP contribution in [0.2, 0.25) is 0 Å². The van der Waals surface area contributed by atoms with Gasteiger partial charge in [0.25, 0.3) is 0 Å². The molecule has 0 amide bonds. The molecule has 2 aromatic rings. The standard InChI is InChI=1S/C15H15FN2O4S3/c1-23-13-5-2-11(3-6-13)8-9-18(24(19)20)14-7-4-12(16)10-15(14)25(17,21)22/h2-10H,1H3,(H,19,20)(H2,17,21,22)/p-1. The van der Waals surface area contributed by atoms with E-state index in [-0.39, 0.29) is 5.69 Å². The minimum atomic E-state index is -4.32. The third-order valence-electron chi connectivity index (χ3n) is 3.14. The van der Waals surface area contributed by atoms with Gasteiger partial charge in [0, 0.05) is 11.1 Å². The average Bonchev–Trinajstić information content (AvgIpc) is 2.55. The summed E-state index contributed by atoms with van der Waals surface area (Å²) in [6, 6.07) is 9.93. The lowest BCUT2D eigenvalue weighted by Crippen LogP contribution is -2.23. The summed E-state index contributed by atoms with van der Waals surface area (Å²) < 4.78 is 60.3. The summed E-state index contributed by atoms with van der Waals surface area (Å²) in [5.41, 5.74) is 0.432. The Hall–Kier alpha value is -1.72. The van der Waals surface area contributed by atoms with E-state index in [1.165, 1.54) is 12.3 Å². The molecule has 0 saturated heterocycles. The van der Waals surface area contributed by atoms with E-state index >= 15 is 0 Å². The van der Waals surface area contributed by atoms with Crippen molar-refractivity contribution in [2.45, 2.75) is 9.79 Å². The van der Waals surface area contributed by atoms with Crippen molar-refractivity contribution in [3.63, 3.8) is 0 Å². The van der Waals surface area contributed by atoms with E-state index in [4.69, 9.17) is 5.14 Å². The molecule has 1 atom stereocenters. The Balaban J connectivity index is 2.45. The molecule has 0 aromatic heterocycles. The highest BCUT2D eigenvalue weighted by Gasteiger charge is 2.19. The monoisotopic (exact) mass is 401 g/mol. The van der Waals surface area contributed by atoms with E-state index in [2.05, 4.69) is 0 Å². The van der Waals surface area contributed by atoms with Crippen LogP contribution in [0.25, 0.3) is 6.08 Å². The van der Waals surface area contributed by atoms with Crippen LogP contribution >= 0.6 is 11.8 Å². The molecule has 2 rings (SSSR count). The van der Waals surface area contributed by atoms with Crippen LogP contribution in [-0.2, 0) is 21.3 Å². The highest BCUT2D eigenvalue weighted by molar-refractivity contribution is 7.98. The third-order valence-corrected chi connectivity index (χ3v) is 5.47. The van der Waals surface area contributed by atoms with Gasteiger partial charge in [-0.2, -0.15) is 0 Å². The first-order valence-electron chi connectivity index (χ1n) is 6.75. The second kappa shape index (κ2) is 8.11. The number of anilines is 1. The fourth-order valence-electron chi connectivity index (χ4n) is 1.98. The van der Waals surface area contributed by atoms with Crippen LogP contribution < -0.4 is 9.44 Å².